The van der Waals surface area contributed by atoms with Crippen LogP contribution in [0.5, 0.6) is 0 Å². The van der Waals surface area contributed by atoms with Gasteiger partial charge in [0, 0.05) is 12.0 Å². The first-order chi connectivity index (χ1) is 9.66. The average molecular weight is 289 g/mol. The van der Waals surface area contributed by atoms with Crippen LogP contribution in [0.1, 0.15) is 58.5 Å². The van der Waals surface area contributed by atoms with Crippen LogP contribution in [0.2, 0.25) is 0 Å². The van der Waals surface area contributed by atoms with E-state index in [4.69, 9.17) is 5.11 Å². The summed E-state index contributed by atoms with van der Waals surface area (Å²) in [5, 5.41) is 8.82. The monoisotopic (exact) mass is 289 g/mol. The van der Waals surface area contributed by atoms with Gasteiger partial charge in [-0.3, -0.25) is 19.3 Å². The molecule has 0 atom stereocenters. The van der Waals surface area contributed by atoms with E-state index in [0.29, 0.717) is 11.1 Å². The van der Waals surface area contributed by atoms with E-state index in [1.807, 2.05) is 12.1 Å². The lowest BCUT2D eigenvalue weighted by Crippen LogP contribution is -2.47. The fraction of sp³-hybridized carbons (Fsp3) is 0.438. The van der Waals surface area contributed by atoms with Gasteiger partial charge in [0.2, 0.25) is 0 Å². The Morgan fingerprint density at radius 1 is 1.10 bits per heavy atom. The Morgan fingerprint density at radius 2 is 1.52 bits per heavy atom. The normalized spacial score (nSPS) is 14.6. The Hall–Kier alpha value is -2.17. The highest BCUT2D eigenvalue weighted by Gasteiger charge is 2.45. The van der Waals surface area contributed by atoms with Gasteiger partial charge in [-0.05, 0) is 45.2 Å². The molecule has 1 aliphatic heterocycles. The summed E-state index contributed by atoms with van der Waals surface area (Å²) in [7, 11) is 0. The number of carbonyl (C=O) groups excluding carboxylic acids is 2. The van der Waals surface area contributed by atoms with Gasteiger partial charge >= 0.3 is 5.97 Å². The molecule has 2 rings (SSSR count). The number of hydrogen-bond donors (Lipinski definition) is 1. The van der Waals surface area contributed by atoms with Crippen molar-refractivity contribution in [2.45, 2.75) is 46.1 Å². The molecule has 21 heavy (non-hydrogen) atoms. The SMILES string of the molecule is Cc1ccc(C)c2c1C(=O)N(C(C)(C)CCC(=O)O)C2=O. The second-order valence-electron chi connectivity index (χ2n) is 6.10. The number of hydrogen-bond acceptors (Lipinski definition) is 3. The molecular formula is C16H19NO4. The predicted molar refractivity (Wildman–Crippen MR) is 77.4 cm³/mol. The van der Waals surface area contributed by atoms with Crippen LogP contribution >= 0.6 is 0 Å². The number of nitrogens with zero attached hydrogens (tertiary/aromatic N) is 1. The first kappa shape index (κ1) is 15.2. The van der Waals surface area contributed by atoms with Gasteiger partial charge < -0.3 is 5.11 Å². The minimum atomic E-state index is -0.938. The summed E-state index contributed by atoms with van der Waals surface area (Å²) in [6, 6.07) is 3.65. The predicted octanol–water partition coefficient (Wildman–Crippen LogP) is 2.54. The molecule has 0 aromatic heterocycles. The molecule has 0 spiro atoms. The third kappa shape index (κ3) is 2.44. The average Bonchev–Trinajstić information content (AvgIpc) is 2.65. The maximum atomic E-state index is 12.6. The number of carboxylic acids is 1. The number of amides is 2. The molecule has 0 unspecified atom stereocenters. The molecule has 1 aromatic carbocycles. The van der Waals surface area contributed by atoms with Gasteiger partial charge in [0.05, 0.1) is 11.1 Å². The summed E-state index contributed by atoms with van der Waals surface area (Å²) in [6.45, 7) is 7.05. The van der Waals surface area contributed by atoms with E-state index in [9.17, 15) is 14.4 Å². The Kier molecular flexibility index (Phi) is 3.61. The Bertz CT molecular complexity index is 605. The fourth-order valence-corrected chi connectivity index (χ4v) is 2.75. The Labute approximate surface area is 123 Å². The number of aryl methyl sites for hydroxylation is 2. The second kappa shape index (κ2) is 4.98. The van der Waals surface area contributed by atoms with Crippen molar-refractivity contribution >= 4 is 17.8 Å². The van der Waals surface area contributed by atoms with Crippen molar-refractivity contribution in [3.05, 3.63) is 34.4 Å². The largest absolute Gasteiger partial charge is 0.481 e. The summed E-state index contributed by atoms with van der Waals surface area (Å²) in [6.07, 6.45) is 0.143. The lowest BCUT2D eigenvalue weighted by molar-refractivity contribution is -0.137. The molecule has 2 amide bonds. The first-order valence-corrected chi connectivity index (χ1v) is 6.87. The lowest BCUT2D eigenvalue weighted by atomic mass is 9.96. The van der Waals surface area contributed by atoms with Crippen LogP contribution in [0, 0.1) is 13.8 Å². The zero-order valence-electron chi connectivity index (χ0n) is 12.7. The highest BCUT2D eigenvalue weighted by molar-refractivity contribution is 6.23. The topological polar surface area (TPSA) is 74.7 Å². The molecule has 0 saturated carbocycles. The molecule has 1 aromatic rings. The minimum Gasteiger partial charge on any atom is -0.481 e. The van der Waals surface area contributed by atoms with Crippen LogP contribution in [-0.2, 0) is 4.79 Å². The maximum absolute atomic E-state index is 12.6. The van der Waals surface area contributed by atoms with Crippen LogP contribution < -0.4 is 0 Å². The quantitative estimate of drug-likeness (QED) is 0.864. The summed E-state index contributed by atoms with van der Waals surface area (Å²) in [4.78, 5) is 37.2. The van der Waals surface area contributed by atoms with Gasteiger partial charge in [-0.25, -0.2) is 0 Å². The van der Waals surface area contributed by atoms with Crippen LogP contribution in [0.25, 0.3) is 0 Å². The summed E-state index contributed by atoms with van der Waals surface area (Å²) in [5.74, 6) is -1.59. The van der Waals surface area contributed by atoms with Crippen LogP contribution in [-0.4, -0.2) is 33.3 Å². The van der Waals surface area contributed by atoms with Gasteiger partial charge in [-0.1, -0.05) is 12.1 Å². The number of imide groups is 1. The van der Waals surface area contributed by atoms with Crippen molar-refractivity contribution in [1.29, 1.82) is 0 Å². The number of benzene rings is 1. The Balaban J connectivity index is 2.44. The first-order valence-electron chi connectivity index (χ1n) is 6.87. The van der Waals surface area contributed by atoms with Crippen LogP contribution in [0.15, 0.2) is 12.1 Å². The van der Waals surface area contributed by atoms with Gasteiger partial charge in [0.25, 0.3) is 11.8 Å². The van der Waals surface area contributed by atoms with Gasteiger partial charge in [-0.2, -0.15) is 0 Å². The molecule has 0 radical (unpaired) electrons. The van der Waals surface area contributed by atoms with Crippen LogP contribution in [0.3, 0.4) is 0 Å². The van der Waals surface area contributed by atoms with Gasteiger partial charge in [0.15, 0.2) is 0 Å². The van der Waals surface area contributed by atoms with Crippen molar-refractivity contribution in [1.82, 2.24) is 4.90 Å². The molecule has 0 saturated heterocycles. The van der Waals surface area contributed by atoms with Gasteiger partial charge in [-0.15, -0.1) is 0 Å². The molecule has 5 nitrogen and oxygen atoms in total. The van der Waals surface area contributed by atoms with Gasteiger partial charge in [0.1, 0.15) is 0 Å². The molecule has 0 aliphatic carbocycles. The highest BCUT2D eigenvalue weighted by Crippen LogP contribution is 2.34. The van der Waals surface area contributed by atoms with E-state index in [1.54, 1.807) is 27.7 Å². The molecule has 0 bridgehead atoms. The van der Waals surface area contributed by atoms with Crippen molar-refractivity contribution in [2.75, 3.05) is 0 Å². The summed E-state index contributed by atoms with van der Waals surface area (Å²) < 4.78 is 0. The van der Waals surface area contributed by atoms with Crippen molar-refractivity contribution < 1.29 is 19.5 Å². The number of fused-ring (bicyclic) bond motifs is 1. The zero-order chi connectivity index (χ0) is 15.9. The molecule has 0 fully saturated rings. The molecule has 1 heterocycles. The van der Waals surface area contributed by atoms with E-state index in [0.717, 1.165) is 11.1 Å². The fourth-order valence-electron chi connectivity index (χ4n) is 2.75. The molecule has 5 heteroatoms. The van der Waals surface area contributed by atoms with E-state index in [2.05, 4.69) is 0 Å². The summed E-state index contributed by atoms with van der Waals surface area (Å²) in [5.41, 5.74) is 1.60. The third-order valence-corrected chi connectivity index (χ3v) is 4.01. The number of carboxylic acid groups (broad SMARTS) is 1. The number of carbonyl (C=O) groups is 3. The van der Waals surface area contributed by atoms with Crippen LogP contribution in [0.4, 0.5) is 0 Å². The standard InChI is InChI=1S/C16H19NO4/c1-9-5-6-10(2)13-12(9)14(20)17(15(13)21)16(3,4)8-7-11(18)19/h5-6H,7-8H2,1-4H3,(H,18,19). The maximum Gasteiger partial charge on any atom is 0.303 e. The minimum absolute atomic E-state index is 0.0850. The van der Waals surface area contributed by atoms with Crippen molar-refractivity contribution in [2.24, 2.45) is 0 Å². The second-order valence-corrected chi connectivity index (χ2v) is 6.10. The van der Waals surface area contributed by atoms with E-state index < -0.39 is 11.5 Å². The van der Waals surface area contributed by atoms with Crippen molar-refractivity contribution in [3.63, 3.8) is 0 Å². The molecule has 1 aliphatic rings. The molecule has 112 valence electrons. The smallest absolute Gasteiger partial charge is 0.303 e. The number of aliphatic carboxylic acids is 1. The molecule has 1 N–H and O–H groups in total. The lowest BCUT2D eigenvalue weighted by Gasteiger charge is -2.33. The molecular weight excluding hydrogens is 270 g/mol. The third-order valence-electron chi connectivity index (χ3n) is 4.01. The van der Waals surface area contributed by atoms with E-state index >= 15 is 0 Å². The number of rotatable bonds is 4. The highest BCUT2D eigenvalue weighted by atomic mass is 16.4. The van der Waals surface area contributed by atoms with E-state index in [1.165, 1.54) is 4.90 Å². The van der Waals surface area contributed by atoms with Crippen molar-refractivity contribution in [3.8, 4) is 0 Å². The summed E-state index contributed by atoms with van der Waals surface area (Å²) >= 11 is 0. The van der Waals surface area contributed by atoms with E-state index in [-0.39, 0.29) is 24.7 Å². The zero-order valence-corrected chi connectivity index (χ0v) is 12.7. The Morgan fingerprint density at radius 3 is 1.90 bits per heavy atom.